The minimum atomic E-state index is -0.742. The fourth-order valence-electron chi connectivity index (χ4n) is 3.86. The average Bonchev–Trinajstić information content (AvgIpc) is 3.58. The Morgan fingerprint density at radius 3 is 2.41 bits per heavy atom. The Hall–Kier alpha value is -5.03. The number of amides is 1. The number of aromatic nitrogens is 2. The number of furan rings is 1. The van der Waals surface area contributed by atoms with Crippen molar-refractivity contribution in [1.29, 1.82) is 0 Å². The van der Waals surface area contributed by atoms with E-state index < -0.39 is 17.8 Å². The molecule has 5 aromatic rings. The lowest BCUT2D eigenvalue weighted by Crippen LogP contribution is -2.18. The number of rotatable bonds is 8. The fraction of sp³-hybridized carbons (Fsp3) is 0.107. The summed E-state index contributed by atoms with van der Waals surface area (Å²) in [5.74, 6) is -2.09. The summed E-state index contributed by atoms with van der Waals surface area (Å²) in [7, 11) is 2.70. The minimum absolute atomic E-state index is 0.0174. The molecule has 0 saturated carbocycles. The summed E-state index contributed by atoms with van der Waals surface area (Å²) in [5.41, 5.74) is 1.74. The molecule has 0 aliphatic heterocycles. The Morgan fingerprint density at radius 2 is 1.69 bits per heavy atom. The molecule has 0 unspecified atom stereocenters. The zero-order valence-corrected chi connectivity index (χ0v) is 21.6. The molecule has 0 bridgehead atoms. The third-order valence-electron chi connectivity index (χ3n) is 5.72. The van der Waals surface area contributed by atoms with Crippen LogP contribution in [0.2, 0.25) is 0 Å². The van der Waals surface area contributed by atoms with Crippen LogP contribution in [0.15, 0.2) is 76.8 Å². The van der Waals surface area contributed by atoms with E-state index in [2.05, 4.69) is 15.3 Å². The predicted molar refractivity (Wildman–Crippen MR) is 143 cm³/mol. The highest BCUT2D eigenvalue weighted by molar-refractivity contribution is 7.14. The van der Waals surface area contributed by atoms with Gasteiger partial charge in [-0.2, -0.15) is 0 Å². The number of ether oxygens (including phenoxy) is 3. The van der Waals surface area contributed by atoms with E-state index in [1.807, 2.05) is 30.3 Å². The molecule has 0 aliphatic rings. The van der Waals surface area contributed by atoms with Gasteiger partial charge in [0.15, 0.2) is 0 Å². The van der Waals surface area contributed by atoms with E-state index in [4.69, 9.17) is 18.6 Å². The number of nitrogens with one attached hydrogen (secondary N) is 1. The number of benzene rings is 2. The maximum Gasteiger partial charge on any atom is 0.343 e. The fourth-order valence-corrected chi connectivity index (χ4v) is 4.81. The van der Waals surface area contributed by atoms with E-state index in [0.29, 0.717) is 27.4 Å². The van der Waals surface area contributed by atoms with E-state index in [9.17, 15) is 14.4 Å². The third-order valence-corrected chi connectivity index (χ3v) is 6.72. The van der Waals surface area contributed by atoms with Crippen molar-refractivity contribution in [2.24, 2.45) is 0 Å². The molecule has 3 aromatic heterocycles. The molecule has 0 aliphatic carbocycles. The molecule has 11 heteroatoms. The first kappa shape index (κ1) is 25.6. The normalized spacial score (nSPS) is 10.7. The van der Waals surface area contributed by atoms with Crippen LogP contribution in [0.3, 0.4) is 0 Å². The quantitative estimate of drug-likeness (QED) is 0.257. The molecular formula is C28H21N3O7S. The van der Waals surface area contributed by atoms with Crippen molar-refractivity contribution in [3.05, 3.63) is 94.8 Å². The van der Waals surface area contributed by atoms with Gasteiger partial charge >= 0.3 is 11.9 Å². The van der Waals surface area contributed by atoms with Gasteiger partial charge in [0, 0.05) is 10.8 Å². The van der Waals surface area contributed by atoms with Gasteiger partial charge in [-0.3, -0.25) is 4.79 Å². The SMILES string of the molecule is COC(=O)c1c(NC(=O)c2oc3ccccc3c2C(=O)OCc2ccccc2)csc1-c1cnc(OC)cn1. The number of thiophene rings is 1. The lowest BCUT2D eigenvalue weighted by Gasteiger charge is -2.08. The first-order chi connectivity index (χ1) is 19.0. The number of para-hydroxylation sites is 1. The van der Waals surface area contributed by atoms with Gasteiger partial charge in [-0.15, -0.1) is 11.3 Å². The van der Waals surface area contributed by atoms with Crippen LogP contribution in [0.1, 0.15) is 36.8 Å². The first-order valence-electron chi connectivity index (χ1n) is 11.6. The molecule has 2 aromatic carbocycles. The van der Waals surface area contributed by atoms with Crippen LogP contribution >= 0.6 is 11.3 Å². The second kappa shape index (κ2) is 11.2. The Labute approximate surface area is 226 Å². The number of hydrogen-bond donors (Lipinski definition) is 1. The van der Waals surface area contributed by atoms with Gasteiger partial charge in [0.05, 0.1) is 42.9 Å². The molecule has 0 atom stereocenters. The molecule has 10 nitrogen and oxygen atoms in total. The minimum Gasteiger partial charge on any atom is -0.480 e. The summed E-state index contributed by atoms with van der Waals surface area (Å²) in [6, 6.07) is 15.9. The number of anilines is 1. The summed E-state index contributed by atoms with van der Waals surface area (Å²) in [6.45, 7) is 0.0174. The molecule has 0 saturated heterocycles. The number of fused-ring (bicyclic) bond motifs is 1. The van der Waals surface area contributed by atoms with Gasteiger partial charge in [0.2, 0.25) is 11.6 Å². The summed E-state index contributed by atoms with van der Waals surface area (Å²) < 4.78 is 21.3. The summed E-state index contributed by atoms with van der Waals surface area (Å²) >= 11 is 1.16. The smallest absolute Gasteiger partial charge is 0.343 e. The van der Waals surface area contributed by atoms with Gasteiger partial charge in [-0.25, -0.2) is 19.6 Å². The number of carbonyl (C=O) groups is 3. The summed E-state index contributed by atoms with van der Waals surface area (Å²) in [5, 5.41) is 4.68. The third kappa shape index (κ3) is 5.20. The molecule has 3 heterocycles. The molecule has 5 rings (SSSR count). The molecular weight excluding hydrogens is 522 g/mol. The van der Waals surface area contributed by atoms with Gasteiger partial charge in [0.25, 0.3) is 5.91 Å². The largest absolute Gasteiger partial charge is 0.480 e. The maximum absolute atomic E-state index is 13.5. The van der Waals surface area contributed by atoms with Crippen molar-refractivity contribution in [1.82, 2.24) is 9.97 Å². The van der Waals surface area contributed by atoms with Crippen LogP contribution in [0.4, 0.5) is 5.69 Å². The standard InChI is InChI=1S/C28H21N3O7S/c1-35-21-13-29-18(12-30-21)25-23(27(33)36-2)19(15-39-25)31-26(32)24-22(17-10-6-7-11-20(17)38-24)28(34)37-14-16-8-4-3-5-9-16/h3-13,15H,14H2,1-2H3,(H,31,32). The van der Waals surface area contributed by atoms with Crippen molar-refractivity contribution in [2.45, 2.75) is 6.61 Å². The number of nitrogens with zero attached hydrogens (tertiary/aromatic N) is 2. The van der Waals surface area contributed by atoms with Crippen molar-refractivity contribution in [2.75, 3.05) is 19.5 Å². The highest BCUT2D eigenvalue weighted by Crippen LogP contribution is 2.36. The molecule has 0 spiro atoms. The van der Waals surface area contributed by atoms with Crippen LogP contribution in [-0.2, 0) is 16.1 Å². The zero-order chi connectivity index (χ0) is 27.4. The molecule has 0 radical (unpaired) electrons. The van der Waals surface area contributed by atoms with E-state index in [1.165, 1.54) is 26.6 Å². The number of hydrogen-bond acceptors (Lipinski definition) is 10. The summed E-state index contributed by atoms with van der Waals surface area (Å²) in [6.07, 6.45) is 2.86. The van der Waals surface area contributed by atoms with Crippen molar-refractivity contribution in [3.8, 4) is 16.5 Å². The van der Waals surface area contributed by atoms with E-state index in [1.54, 1.807) is 29.6 Å². The van der Waals surface area contributed by atoms with Crippen molar-refractivity contribution < 1.29 is 33.0 Å². The number of methoxy groups -OCH3 is 2. The molecule has 0 fully saturated rings. The van der Waals surface area contributed by atoms with Gasteiger partial charge in [-0.05, 0) is 11.6 Å². The summed E-state index contributed by atoms with van der Waals surface area (Å²) in [4.78, 5) is 48.2. The molecule has 196 valence electrons. The van der Waals surface area contributed by atoms with Crippen LogP contribution in [0.25, 0.3) is 21.5 Å². The van der Waals surface area contributed by atoms with Crippen LogP contribution in [0, 0.1) is 0 Å². The number of carbonyl (C=O) groups excluding carboxylic acids is 3. The molecule has 39 heavy (non-hydrogen) atoms. The Morgan fingerprint density at radius 1 is 0.923 bits per heavy atom. The monoisotopic (exact) mass is 543 g/mol. The van der Waals surface area contributed by atoms with Gasteiger partial charge in [0.1, 0.15) is 23.3 Å². The van der Waals surface area contributed by atoms with Crippen molar-refractivity contribution >= 4 is 45.8 Å². The van der Waals surface area contributed by atoms with Gasteiger partial charge in [-0.1, -0.05) is 48.5 Å². The van der Waals surface area contributed by atoms with Crippen molar-refractivity contribution in [3.63, 3.8) is 0 Å². The van der Waals surface area contributed by atoms with Crippen LogP contribution in [0.5, 0.6) is 5.88 Å². The first-order valence-corrected chi connectivity index (χ1v) is 12.5. The second-order valence-electron chi connectivity index (χ2n) is 8.11. The predicted octanol–water partition coefficient (Wildman–Crippen LogP) is 5.36. The Kier molecular flexibility index (Phi) is 7.32. The van der Waals surface area contributed by atoms with E-state index in [-0.39, 0.29) is 29.2 Å². The highest BCUT2D eigenvalue weighted by atomic mass is 32.1. The van der Waals surface area contributed by atoms with E-state index >= 15 is 0 Å². The van der Waals surface area contributed by atoms with Gasteiger partial charge < -0.3 is 23.9 Å². The molecule has 1 N–H and O–H groups in total. The van der Waals surface area contributed by atoms with Crippen LogP contribution in [-0.4, -0.2) is 42.0 Å². The number of esters is 2. The van der Waals surface area contributed by atoms with E-state index in [0.717, 1.165) is 16.9 Å². The average molecular weight is 544 g/mol. The highest BCUT2D eigenvalue weighted by Gasteiger charge is 2.29. The lowest BCUT2D eigenvalue weighted by atomic mass is 10.1. The maximum atomic E-state index is 13.5. The molecule has 1 amide bonds. The van der Waals surface area contributed by atoms with Crippen LogP contribution < -0.4 is 10.1 Å². The lowest BCUT2D eigenvalue weighted by molar-refractivity contribution is 0.0469. The Balaban J connectivity index is 1.48. The second-order valence-corrected chi connectivity index (χ2v) is 8.99. The topological polar surface area (TPSA) is 130 Å². The Bertz CT molecular complexity index is 1660. The zero-order valence-electron chi connectivity index (χ0n) is 20.8.